The highest BCUT2D eigenvalue weighted by Gasteiger charge is 2.51. The van der Waals surface area contributed by atoms with Gasteiger partial charge in [-0.15, -0.1) is 10.2 Å². The third kappa shape index (κ3) is 8.49. The number of benzene rings is 2. The van der Waals surface area contributed by atoms with Gasteiger partial charge in [-0.1, -0.05) is 53.7 Å². The van der Waals surface area contributed by atoms with Gasteiger partial charge in [-0.3, -0.25) is 23.7 Å². The van der Waals surface area contributed by atoms with Gasteiger partial charge in [0.15, 0.2) is 23.2 Å². The Kier molecular flexibility index (Phi) is 11.2. The summed E-state index contributed by atoms with van der Waals surface area (Å²) in [4.78, 5) is 48.3. The van der Waals surface area contributed by atoms with E-state index in [2.05, 4.69) is 15.5 Å². The molecule has 0 bridgehead atoms. The molecule has 0 spiro atoms. The molecule has 0 radical (unpaired) electrons. The van der Waals surface area contributed by atoms with E-state index in [1.54, 1.807) is 28.8 Å². The van der Waals surface area contributed by atoms with Crippen molar-refractivity contribution in [1.29, 1.82) is 0 Å². The predicted octanol–water partition coefficient (Wildman–Crippen LogP) is 3.25. The van der Waals surface area contributed by atoms with Gasteiger partial charge in [-0.25, -0.2) is 0 Å². The number of thioether (sulfide) groups is 1. The molecule has 3 aromatic rings. The van der Waals surface area contributed by atoms with Crippen LogP contribution in [0.2, 0.25) is 5.02 Å². The molecular formula is C29H31ClN4O9S. The van der Waals surface area contributed by atoms with Gasteiger partial charge in [0.1, 0.15) is 36.5 Å². The van der Waals surface area contributed by atoms with Crippen molar-refractivity contribution < 1.29 is 42.9 Å². The summed E-state index contributed by atoms with van der Waals surface area (Å²) in [5.74, 6) is -1.55. The van der Waals surface area contributed by atoms with Crippen LogP contribution >= 0.6 is 23.4 Å². The molecule has 1 fully saturated rings. The summed E-state index contributed by atoms with van der Waals surface area (Å²) in [5.41, 5.74) is -0.282. The molecule has 15 heteroatoms. The first-order chi connectivity index (χ1) is 21.0. The number of carbonyl (C=O) groups excluding carboxylic acids is 4. The lowest BCUT2D eigenvalue weighted by molar-refractivity contribution is -0.211. The number of esters is 3. The summed E-state index contributed by atoms with van der Waals surface area (Å²) in [6.07, 6.45) is -3.48. The Balaban J connectivity index is 1.73. The minimum absolute atomic E-state index is 0.00646. The number of nitrogens with one attached hydrogen (secondary N) is 1. The average Bonchev–Trinajstić information content (AvgIpc) is 3.36. The van der Waals surface area contributed by atoms with Crippen molar-refractivity contribution >= 4 is 47.2 Å². The molecule has 5 atom stereocenters. The van der Waals surface area contributed by atoms with Crippen molar-refractivity contribution in [3.63, 3.8) is 0 Å². The van der Waals surface area contributed by atoms with E-state index < -0.39 is 53.6 Å². The minimum Gasteiger partial charge on any atom is -0.484 e. The van der Waals surface area contributed by atoms with Crippen LogP contribution in [-0.4, -0.2) is 75.0 Å². The van der Waals surface area contributed by atoms with E-state index in [1.165, 1.54) is 27.7 Å². The fourth-order valence-corrected chi connectivity index (χ4v) is 5.88. The van der Waals surface area contributed by atoms with Gasteiger partial charge in [0.05, 0.1) is 5.02 Å². The molecule has 2 heterocycles. The van der Waals surface area contributed by atoms with Crippen LogP contribution in [0.3, 0.4) is 0 Å². The van der Waals surface area contributed by atoms with Crippen LogP contribution in [0.25, 0.3) is 5.69 Å². The quantitative estimate of drug-likeness (QED) is 0.240. The molecule has 1 amide bonds. The van der Waals surface area contributed by atoms with Gasteiger partial charge in [-0.05, 0) is 24.3 Å². The van der Waals surface area contributed by atoms with Crippen molar-refractivity contribution in [2.24, 2.45) is 0 Å². The number of nitrogens with zero attached hydrogens (tertiary/aromatic N) is 3. The summed E-state index contributed by atoms with van der Waals surface area (Å²) in [5, 5.41) is 12.3. The maximum absolute atomic E-state index is 12.4. The Hall–Kier alpha value is -4.14. The van der Waals surface area contributed by atoms with Crippen LogP contribution in [0.5, 0.6) is 5.75 Å². The maximum Gasteiger partial charge on any atom is 0.303 e. The lowest BCUT2D eigenvalue weighted by atomic mass is 9.97. The Morgan fingerprint density at radius 1 is 0.909 bits per heavy atom. The normalized spacial score (nSPS) is 21.2. The fraction of sp³-hybridized carbons (Fsp3) is 0.379. The highest BCUT2D eigenvalue weighted by Crippen LogP contribution is 2.37. The van der Waals surface area contributed by atoms with Gasteiger partial charge >= 0.3 is 17.9 Å². The number of para-hydroxylation sites is 2. The topological polar surface area (TPSA) is 157 Å². The standard InChI is InChI=1S/C29H31ClN4O9S/c1-16(35)31-25-27(42-19(4)38)26(41-18(3)37)23(14-39-17(2)36)43-28(25)44-29-33-32-24(34(29)20-10-6-5-7-11-20)15-40-22-13-9-8-12-21(22)30/h5-13,23,25-28H,14-15H2,1-4H3,(H,31,35)/t23-,25-,26-,27-,28+/m0/s1. The molecule has 0 saturated carbocycles. The Morgan fingerprint density at radius 2 is 1.57 bits per heavy atom. The molecule has 13 nitrogen and oxygen atoms in total. The van der Waals surface area contributed by atoms with E-state index in [-0.39, 0.29) is 13.2 Å². The number of rotatable bonds is 11. The van der Waals surface area contributed by atoms with E-state index >= 15 is 0 Å². The van der Waals surface area contributed by atoms with Crippen LogP contribution in [0.1, 0.15) is 33.5 Å². The summed E-state index contributed by atoms with van der Waals surface area (Å²) < 4.78 is 30.3. The largest absolute Gasteiger partial charge is 0.484 e. The van der Waals surface area contributed by atoms with Gasteiger partial charge in [0.25, 0.3) is 0 Å². The third-order valence-electron chi connectivity index (χ3n) is 6.20. The second-order valence-corrected chi connectivity index (χ2v) is 11.1. The van der Waals surface area contributed by atoms with Crippen LogP contribution in [0, 0.1) is 0 Å². The number of ether oxygens (including phenoxy) is 5. The molecule has 1 aliphatic rings. The zero-order chi connectivity index (χ0) is 31.8. The van der Waals surface area contributed by atoms with Crippen LogP contribution < -0.4 is 10.1 Å². The van der Waals surface area contributed by atoms with Gasteiger partial charge in [0, 0.05) is 33.4 Å². The molecule has 4 rings (SSSR count). The van der Waals surface area contributed by atoms with E-state index in [4.69, 9.17) is 35.3 Å². The second-order valence-electron chi connectivity index (χ2n) is 9.63. The number of halogens is 1. The van der Waals surface area contributed by atoms with E-state index in [1.807, 2.05) is 30.3 Å². The zero-order valence-electron chi connectivity index (χ0n) is 24.3. The first kappa shape index (κ1) is 32.8. The Bertz CT molecular complexity index is 1490. The number of hydrogen-bond acceptors (Lipinski definition) is 12. The lowest BCUT2D eigenvalue weighted by Gasteiger charge is -2.44. The van der Waals surface area contributed by atoms with Crippen LogP contribution in [0.15, 0.2) is 59.8 Å². The predicted molar refractivity (Wildman–Crippen MR) is 157 cm³/mol. The van der Waals surface area contributed by atoms with Crippen molar-refractivity contribution in [1.82, 2.24) is 20.1 Å². The molecule has 1 aromatic heterocycles. The molecule has 2 aromatic carbocycles. The number of aromatic nitrogens is 3. The molecular weight excluding hydrogens is 616 g/mol. The zero-order valence-corrected chi connectivity index (χ0v) is 25.9. The fourth-order valence-electron chi connectivity index (χ4n) is 4.51. The maximum atomic E-state index is 12.4. The smallest absolute Gasteiger partial charge is 0.303 e. The summed E-state index contributed by atoms with van der Waals surface area (Å²) in [7, 11) is 0. The van der Waals surface area contributed by atoms with Gasteiger partial charge in [-0.2, -0.15) is 0 Å². The Labute approximate surface area is 262 Å². The molecule has 234 valence electrons. The summed E-state index contributed by atoms with van der Waals surface area (Å²) >= 11 is 7.34. The first-order valence-electron chi connectivity index (χ1n) is 13.5. The monoisotopic (exact) mass is 646 g/mol. The molecule has 0 unspecified atom stereocenters. The van der Waals surface area contributed by atoms with Gasteiger partial charge < -0.3 is 29.0 Å². The Morgan fingerprint density at radius 3 is 2.20 bits per heavy atom. The van der Waals surface area contributed by atoms with Crippen molar-refractivity contribution in [3.8, 4) is 11.4 Å². The lowest BCUT2D eigenvalue weighted by Crippen LogP contribution is -2.65. The highest BCUT2D eigenvalue weighted by atomic mass is 35.5. The van der Waals surface area contributed by atoms with E-state index in [0.29, 0.717) is 27.4 Å². The highest BCUT2D eigenvalue weighted by molar-refractivity contribution is 7.99. The molecule has 44 heavy (non-hydrogen) atoms. The van der Waals surface area contributed by atoms with Gasteiger partial charge in [0.2, 0.25) is 5.91 Å². The molecule has 1 saturated heterocycles. The average molecular weight is 647 g/mol. The minimum atomic E-state index is -1.21. The van der Waals surface area contributed by atoms with Crippen LogP contribution in [0.4, 0.5) is 0 Å². The number of hydrogen-bond donors (Lipinski definition) is 1. The van der Waals surface area contributed by atoms with E-state index in [9.17, 15) is 19.2 Å². The van der Waals surface area contributed by atoms with E-state index in [0.717, 1.165) is 11.8 Å². The summed E-state index contributed by atoms with van der Waals surface area (Å²) in [6.45, 7) is 4.55. The third-order valence-corrected chi connectivity index (χ3v) is 7.62. The first-order valence-corrected chi connectivity index (χ1v) is 14.7. The molecule has 1 aliphatic heterocycles. The van der Waals surface area contributed by atoms with Crippen molar-refractivity contribution in [2.75, 3.05) is 6.61 Å². The second kappa shape index (κ2) is 15.0. The van der Waals surface area contributed by atoms with Crippen molar-refractivity contribution in [3.05, 3.63) is 65.4 Å². The molecule has 1 N–H and O–H groups in total. The van der Waals surface area contributed by atoms with Crippen LogP contribution in [-0.2, 0) is 44.7 Å². The SMILES string of the molecule is CC(=O)N[C@H]1[C@H](OC(C)=O)[C@@H](OC(C)=O)[C@H](COC(C)=O)O[C@@H]1Sc1nnc(COc2ccccc2Cl)n1-c1ccccc1. The molecule has 0 aliphatic carbocycles. The number of amides is 1. The van der Waals surface area contributed by atoms with Crippen molar-refractivity contribution in [2.45, 2.75) is 69.2 Å². The number of carbonyl (C=O) groups is 4. The summed E-state index contributed by atoms with van der Waals surface area (Å²) in [6, 6.07) is 15.2.